The van der Waals surface area contributed by atoms with Crippen LogP contribution in [0.25, 0.3) is 0 Å². The summed E-state index contributed by atoms with van der Waals surface area (Å²) in [7, 11) is 0. The Morgan fingerprint density at radius 1 is 1.45 bits per heavy atom. The summed E-state index contributed by atoms with van der Waals surface area (Å²) < 4.78 is 13.9. The van der Waals surface area contributed by atoms with Crippen LogP contribution in [0.4, 0.5) is 4.39 Å². The molecule has 0 saturated heterocycles. The molecule has 0 heterocycles. The number of hydrogen-bond acceptors (Lipinski definition) is 2. The SMILES string of the molecule is N#CC(C(=O)CCC1CCCC1)c1cccc(Cl)c1F. The van der Waals surface area contributed by atoms with E-state index < -0.39 is 11.7 Å². The van der Waals surface area contributed by atoms with E-state index in [1.54, 1.807) is 6.07 Å². The van der Waals surface area contributed by atoms with Gasteiger partial charge in [0.2, 0.25) is 0 Å². The molecule has 0 radical (unpaired) electrons. The lowest BCUT2D eigenvalue weighted by Gasteiger charge is -2.12. The molecule has 0 aliphatic heterocycles. The van der Waals surface area contributed by atoms with Crippen LogP contribution in [-0.4, -0.2) is 5.78 Å². The van der Waals surface area contributed by atoms with Gasteiger partial charge in [0.1, 0.15) is 11.7 Å². The molecule has 106 valence electrons. The van der Waals surface area contributed by atoms with Crippen LogP contribution in [0.15, 0.2) is 18.2 Å². The molecule has 1 atom stereocenters. The van der Waals surface area contributed by atoms with Gasteiger partial charge in [0.05, 0.1) is 11.1 Å². The molecule has 1 aliphatic rings. The molecule has 2 rings (SSSR count). The predicted molar refractivity (Wildman–Crippen MR) is 76.0 cm³/mol. The lowest BCUT2D eigenvalue weighted by Crippen LogP contribution is -2.13. The summed E-state index contributed by atoms with van der Waals surface area (Å²) in [6.07, 6.45) is 5.92. The van der Waals surface area contributed by atoms with E-state index in [1.165, 1.54) is 25.0 Å². The van der Waals surface area contributed by atoms with Gasteiger partial charge in [-0.3, -0.25) is 4.79 Å². The zero-order chi connectivity index (χ0) is 14.5. The first kappa shape index (κ1) is 15.0. The number of hydrogen-bond donors (Lipinski definition) is 0. The molecule has 1 aliphatic carbocycles. The normalized spacial score (nSPS) is 16.9. The molecule has 0 amide bonds. The van der Waals surface area contributed by atoms with Gasteiger partial charge in [0, 0.05) is 12.0 Å². The molecule has 1 aromatic rings. The highest BCUT2D eigenvalue weighted by molar-refractivity contribution is 6.30. The van der Waals surface area contributed by atoms with Gasteiger partial charge in [-0.2, -0.15) is 5.26 Å². The minimum absolute atomic E-state index is 0.0497. The molecular weight excluding hydrogens is 277 g/mol. The van der Waals surface area contributed by atoms with Crippen LogP contribution in [0.5, 0.6) is 0 Å². The van der Waals surface area contributed by atoms with Gasteiger partial charge < -0.3 is 0 Å². The van der Waals surface area contributed by atoms with Crippen molar-refractivity contribution in [1.29, 1.82) is 5.26 Å². The Morgan fingerprint density at radius 3 is 2.80 bits per heavy atom. The molecule has 0 bridgehead atoms. The highest BCUT2D eigenvalue weighted by Crippen LogP contribution is 2.31. The second kappa shape index (κ2) is 6.85. The van der Waals surface area contributed by atoms with E-state index in [2.05, 4.69) is 0 Å². The maximum absolute atomic E-state index is 13.9. The van der Waals surface area contributed by atoms with Crippen LogP contribution >= 0.6 is 11.6 Å². The third-order valence-electron chi connectivity index (χ3n) is 4.02. The van der Waals surface area contributed by atoms with Crippen LogP contribution in [0.2, 0.25) is 5.02 Å². The molecule has 1 unspecified atom stereocenters. The third-order valence-corrected chi connectivity index (χ3v) is 4.31. The Labute approximate surface area is 123 Å². The molecule has 1 saturated carbocycles. The summed E-state index contributed by atoms with van der Waals surface area (Å²) in [5.74, 6) is -1.33. The van der Waals surface area contributed by atoms with Crippen molar-refractivity contribution in [2.75, 3.05) is 0 Å². The number of halogens is 2. The minimum Gasteiger partial charge on any atom is -0.298 e. The number of rotatable bonds is 5. The van der Waals surface area contributed by atoms with E-state index in [9.17, 15) is 14.4 Å². The second-order valence-corrected chi connectivity index (χ2v) is 5.77. The summed E-state index contributed by atoms with van der Waals surface area (Å²) in [5, 5.41) is 9.13. The topological polar surface area (TPSA) is 40.9 Å². The monoisotopic (exact) mass is 293 g/mol. The number of nitrogens with zero attached hydrogens (tertiary/aromatic N) is 1. The van der Waals surface area contributed by atoms with Crippen molar-refractivity contribution < 1.29 is 9.18 Å². The molecule has 0 aromatic heterocycles. The van der Waals surface area contributed by atoms with Crippen LogP contribution < -0.4 is 0 Å². The number of benzene rings is 1. The lowest BCUT2D eigenvalue weighted by atomic mass is 9.90. The summed E-state index contributed by atoms with van der Waals surface area (Å²) in [5.41, 5.74) is 0.0939. The first-order valence-electron chi connectivity index (χ1n) is 6.99. The molecular formula is C16H17ClFNO. The number of ketones is 1. The quantitative estimate of drug-likeness (QED) is 0.794. The second-order valence-electron chi connectivity index (χ2n) is 5.36. The standard InChI is InChI=1S/C16H17ClFNO/c17-14-7-3-6-12(16(14)18)13(10-19)15(20)9-8-11-4-1-2-5-11/h3,6-7,11,13H,1-2,4-5,8-9H2. The lowest BCUT2D eigenvalue weighted by molar-refractivity contribution is -0.119. The van der Waals surface area contributed by atoms with E-state index in [1.807, 2.05) is 6.07 Å². The average molecular weight is 294 g/mol. The highest BCUT2D eigenvalue weighted by Gasteiger charge is 2.25. The fourth-order valence-electron chi connectivity index (χ4n) is 2.85. The Bertz CT molecular complexity index is 532. The molecule has 2 nitrogen and oxygen atoms in total. The maximum atomic E-state index is 13.9. The molecule has 20 heavy (non-hydrogen) atoms. The predicted octanol–water partition coefficient (Wildman–Crippen LogP) is 4.63. The van der Waals surface area contributed by atoms with Crippen LogP contribution in [0, 0.1) is 23.1 Å². The fourth-order valence-corrected chi connectivity index (χ4v) is 3.03. The summed E-state index contributed by atoms with van der Waals surface area (Å²) >= 11 is 5.70. The van der Waals surface area contributed by atoms with Crippen molar-refractivity contribution in [2.45, 2.75) is 44.4 Å². The number of Topliss-reactive ketones (excluding diaryl/α,β-unsaturated/α-hetero) is 1. The van der Waals surface area contributed by atoms with Crippen LogP contribution in [0.3, 0.4) is 0 Å². The van der Waals surface area contributed by atoms with Crippen LogP contribution in [0.1, 0.15) is 50.0 Å². The molecule has 0 N–H and O–H groups in total. The van der Waals surface area contributed by atoms with Gasteiger partial charge in [0.15, 0.2) is 5.78 Å². The fraction of sp³-hybridized carbons (Fsp3) is 0.500. The van der Waals surface area contributed by atoms with E-state index in [4.69, 9.17) is 11.6 Å². The van der Waals surface area contributed by atoms with Crippen molar-refractivity contribution in [2.24, 2.45) is 5.92 Å². The number of carbonyl (C=O) groups excluding carboxylic acids is 1. The summed E-state index contributed by atoms with van der Waals surface area (Å²) in [4.78, 5) is 12.2. The van der Waals surface area contributed by atoms with E-state index in [0.717, 1.165) is 19.3 Å². The zero-order valence-corrected chi connectivity index (χ0v) is 12.0. The van der Waals surface area contributed by atoms with E-state index in [0.29, 0.717) is 12.3 Å². The third kappa shape index (κ3) is 3.37. The molecule has 1 aromatic carbocycles. The van der Waals surface area contributed by atoms with Crippen molar-refractivity contribution >= 4 is 17.4 Å². The largest absolute Gasteiger partial charge is 0.298 e. The van der Waals surface area contributed by atoms with Gasteiger partial charge >= 0.3 is 0 Å². The van der Waals surface area contributed by atoms with Gasteiger partial charge in [-0.1, -0.05) is 49.4 Å². The van der Waals surface area contributed by atoms with E-state index in [-0.39, 0.29) is 16.4 Å². The molecule has 4 heteroatoms. The first-order chi connectivity index (χ1) is 9.63. The smallest absolute Gasteiger partial charge is 0.154 e. The van der Waals surface area contributed by atoms with Gasteiger partial charge in [-0.15, -0.1) is 0 Å². The van der Waals surface area contributed by atoms with Crippen molar-refractivity contribution in [1.82, 2.24) is 0 Å². The maximum Gasteiger partial charge on any atom is 0.154 e. The van der Waals surface area contributed by atoms with Gasteiger partial charge in [0.25, 0.3) is 0 Å². The van der Waals surface area contributed by atoms with Crippen molar-refractivity contribution in [3.05, 3.63) is 34.6 Å². The van der Waals surface area contributed by atoms with Gasteiger partial charge in [-0.25, -0.2) is 4.39 Å². The Kier molecular flexibility index (Phi) is 5.14. The number of nitriles is 1. The minimum atomic E-state index is -1.05. The van der Waals surface area contributed by atoms with Gasteiger partial charge in [-0.05, 0) is 18.4 Å². The average Bonchev–Trinajstić information content (AvgIpc) is 2.95. The summed E-state index contributed by atoms with van der Waals surface area (Å²) in [6, 6.07) is 6.35. The Balaban J connectivity index is 2.05. The van der Waals surface area contributed by atoms with Crippen molar-refractivity contribution in [3.63, 3.8) is 0 Å². The highest BCUT2D eigenvalue weighted by atomic mass is 35.5. The molecule has 1 fully saturated rings. The van der Waals surface area contributed by atoms with E-state index >= 15 is 0 Å². The molecule has 0 spiro atoms. The first-order valence-corrected chi connectivity index (χ1v) is 7.37. The number of carbonyl (C=O) groups is 1. The summed E-state index contributed by atoms with van der Waals surface area (Å²) in [6.45, 7) is 0. The zero-order valence-electron chi connectivity index (χ0n) is 11.2. The Hall–Kier alpha value is -1.40. The Morgan fingerprint density at radius 2 is 2.15 bits per heavy atom. The van der Waals surface area contributed by atoms with Crippen LogP contribution in [-0.2, 0) is 4.79 Å². The van der Waals surface area contributed by atoms with Crippen molar-refractivity contribution in [3.8, 4) is 6.07 Å².